The molecule has 0 radical (unpaired) electrons. The van der Waals surface area contributed by atoms with E-state index in [1.54, 1.807) is 0 Å². The smallest absolute Gasteiger partial charge is 0.103 e. The fourth-order valence-corrected chi connectivity index (χ4v) is 6.70. The van der Waals surface area contributed by atoms with Crippen molar-refractivity contribution in [2.45, 2.75) is 214 Å². The third-order valence-electron chi connectivity index (χ3n) is 9.27. The first-order valence-electron chi connectivity index (χ1n) is 18.9. The molecule has 0 aliphatic carbocycles. The highest BCUT2D eigenvalue weighted by Gasteiger charge is 2.28. The standard InChI is InChI=1S/C38H76N2/c1-5-7-9-11-13-15-17-18-19-20-21-22-24-26-28-30-32-34-40-36-35-39(38(40)37(3)4)33-31-29-27-25-23-16-14-12-10-8-6-2/h35-38H,5-34H2,1-4H3. The zero-order chi connectivity index (χ0) is 28.9. The second-order valence-corrected chi connectivity index (χ2v) is 13.6. The molecule has 0 saturated carbocycles. The van der Waals surface area contributed by atoms with Crippen LogP contribution in [-0.2, 0) is 0 Å². The zero-order valence-corrected chi connectivity index (χ0v) is 28.4. The van der Waals surface area contributed by atoms with Crippen molar-refractivity contribution in [3.63, 3.8) is 0 Å². The summed E-state index contributed by atoms with van der Waals surface area (Å²) in [6.45, 7) is 11.9. The van der Waals surface area contributed by atoms with E-state index in [2.05, 4.69) is 49.9 Å². The molecule has 0 aromatic heterocycles. The van der Waals surface area contributed by atoms with E-state index in [0.717, 1.165) is 0 Å². The van der Waals surface area contributed by atoms with E-state index in [0.29, 0.717) is 12.1 Å². The fraction of sp³-hybridized carbons (Fsp3) is 0.947. The van der Waals surface area contributed by atoms with Crippen LogP contribution in [0.25, 0.3) is 0 Å². The molecule has 40 heavy (non-hydrogen) atoms. The lowest BCUT2D eigenvalue weighted by atomic mass is 10.0. The Labute approximate surface area is 254 Å². The van der Waals surface area contributed by atoms with Crippen molar-refractivity contribution >= 4 is 0 Å². The van der Waals surface area contributed by atoms with Gasteiger partial charge in [-0.1, -0.05) is 195 Å². The van der Waals surface area contributed by atoms with Crippen molar-refractivity contribution in [1.82, 2.24) is 9.80 Å². The summed E-state index contributed by atoms with van der Waals surface area (Å²) in [6.07, 6.45) is 45.8. The Morgan fingerprint density at radius 3 is 0.825 bits per heavy atom. The van der Waals surface area contributed by atoms with E-state index in [1.807, 2.05) is 0 Å². The largest absolute Gasteiger partial charge is 0.356 e. The van der Waals surface area contributed by atoms with Crippen LogP contribution in [0, 0.1) is 5.92 Å². The molecule has 0 saturated heterocycles. The van der Waals surface area contributed by atoms with Crippen LogP contribution in [0.15, 0.2) is 12.4 Å². The van der Waals surface area contributed by atoms with Gasteiger partial charge in [0.1, 0.15) is 6.17 Å². The van der Waals surface area contributed by atoms with Crippen molar-refractivity contribution < 1.29 is 0 Å². The normalized spacial score (nSPS) is 15.3. The van der Waals surface area contributed by atoms with E-state index in [4.69, 9.17) is 0 Å². The lowest BCUT2D eigenvalue weighted by Crippen LogP contribution is -2.43. The Balaban J connectivity index is 1.94. The summed E-state index contributed by atoms with van der Waals surface area (Å²) in [5.41, 5.74) is 0. The number of unbranched alkanes of at least 4 members (excludes halogenated alkanes) is 26. The summed E-state index contributed by atoms with van der Waals surface area (Å²) in [5, 5.41) is 0. The third-order valence-corrected chi connectivity index (χ3v) is 9.27. The Kier molecular flexibility index (Phi) is 26.6. The minimum atomic E-state index is 0.587. The maximum atomic E-state index is 2.65. The van der Waals surface area contributed by atoms with Crippen LogP contribution in [0.5, 0.6) is 0 Å². The molecule has 0 amide bonds. The van der Waals surface area contributed by atoms with Crippen LogP contribution in [0.4, 0.5) is 0 Å². The first kappa shape index (κ1) is 37.4. The van der Waals surface area contributed by atoms with Crippen molar-refractivity contribution in [3.8, 4) is 0 Å². The molecule has 1 aliphatic rings. The number of hydrogen-bond donors (Lipinski definition) is 0. The van der Waals surface area contributed by atoms with Crippen LogP contribution in [0.1, 0.15) is 207 Å². The van der Waals surface area contributed by atoms with E-state index in [-0.39, 0.29) is 0 Å². The Bertz CT molecular complexity index is 528. The van der Waals surface area contributed by atoms with E-state index < -0.39 is 0 Å². The molecule has 238 valence electrons. The van der Waals surface area contributed by atoms with Crippen molar-refractivity contribution in [2.24, 2.45) is 5.92 Å². The van der Waals surface area contributed by atoms with Crippen molar-refractivity contribution in [1.29, 1.82) is 0 Å². The number of hydrogen-bond acceptors (Lipinski definition) is 2. The number of rotatable bonds is 31. The maximum absolute atomic E-state index is 2.65. The minimum Gasteiger partial charge on any atom is -0.356 e. The Morgan fingerprint density at radius 2 is 0.600 bits per heavy atom. The summed E-state index contributed by atoms with van der Waals surface area (Å²) in [5.74, 6) is 0.688. The van der Waals surface area contributed by atoms with Gasteiger partial charge in [-0.15, -0.1) is 0 Å². The van der Waals surface area contributed by atoms with Gasteiger partial charge >= 0.3 is 0 Å². The van der Waals surface area contributed by atoms with E-state index in [9.17, 15) is 0 Å². The molecule has 0 aromatic carbocycles. The molecule has 0 fully saturated rings. The Hall–Kier alpha value is -0.660. The van der Waals surface area contributed by atoms with Crippen LogP contribution >= 0.6 is 0 Å². The van der Waals surface area contributed by atoms with Crippen LogP contribution in [-0.4, -0.2) is 29.1 Å². The third kappa shape index (κ3) is 21.1. The van der Waals surface area contributed by atoms with E-state index >= 15 is 0 Å². The molecule has 1 rings (SSSR count). The highest BCUT2D eigenvalue weighted by atomic mass is 15.4. The van der Waals surface area contributed by atoms with Crippen LogP contribution < -0.4 is 0 Å². The molecule has 2 heteroatoms. The molecule has 0 aromatic rings. The SMILES string of the molecule is CCCCCCCCCCCCCCCCCCCN1C=CN(CCCCCCCCCCCCC)C1C(C)C. The van der Waals surface area contributed by atoms with Gasteiger partial charge in [0.2, 0.25) is 0 Å². The predicted molar refractivity (Wildman–Crippen MR) is 182 cm³/mol. The molecule has 0 spiro atoms. The van der Waals surface area contributed by atoms with Crippen molar-refractivity contribution in [3.05, 3.63) is 12.4 Å². The van der Waals surface area contributed by atoms with Crippen LogP contribution in [0.3, 0.4) is 0 Å². The van der Waals surface area contributed by atoms with E-state index in [1.165, 1.54) is 193 Å². The van der Waals surface area contributed by atoms with Gasteiger partial charge in [0, 0.05) is 25.5 Å². The molecule has 0 bridgehead atoms. The average molecular weight is 561 g/mol. The summed E-state index contributed by atoms with van der Waals surface area (Å²) >= 11 is 0. The molecule has 1 heterocycles. The minimum absolute atomic E-state index is 0.587. The van der Waals surface area contributed by atoms with Gasteiger partial charge in [-0.3, -0.25) is 0 Å². The van der Waals surface area contributed by atoms with Gasteiger partial charge in [0.05, 0.1) is 0 Å². The maximum Gasteiger partial charge on any atom is 0.103 e. The molecule has 1 aliphatic heterocycles. The molecule has 1 atom stereocenters. The first-order chi connectivity index (χ1) is 19.7. The summed E-state index contributed by atoms with van der Waals surface area (Å²) in [7, 11) is 0. The molecular formula is C38H76N2. The highest BCUT2D eigenvalue weighted by molar-refractivity contribution is 4.98. The quantitative estimate of drug-likeness (QED) is 0.0778. The fourth-order valence-electron chi connectivity index (χ4n) is 6.70. The molecule has 0 N–H and O–H groups in total. The second-order valence-electron chi connectivity index (χ2n) is 13.6. The van der Waals surface area contributed by atoms with Gasteiger partial charge in [-0.05, 0) is 18.8 Å². The first-order valence-corrected chi connectivity index (χ1v) is 18.9. The van der Waals surface area contributed by atoms with Gasteiger partial charge in [-0.25, -0.2) is 0 Å². The molecular weight excluding hydrogens is 484 g/mol. The van der Waals surface area contributed by atoms with Gasteiger partial charge in [-0.2, -0.15) is 0 Å². The van der Waals surface area contributed by atoms with Crippen molar-refractivity contribution in [2.75, 3.05) is 13.1 Å². The number of nitrogens with zero attached hydrogens (tertiary/aromatic N) is 2. The van der Waals surface area contributed by atoms with Gasteiger partial charge < -0.3 is 9.80 Å². The summed E-state index contributed by atoms with van der Waals surface area (Å²) in [4.78, 5) is 5.29. The summed E-state index contributed by atoms with van der Waals surface area (Å²) < 4.78 is 0. The lowest BCUT2D eigenvalue weighted by molar-refractivity contribution is 0.104. The van der Waals surface area contributed by atoms with Gasteiger partial charge in [0.15, 0.2) is 0 Å². The zero-order valence-electron chi connectivity index (χ0n) is 28.4. The monoisotopic (exact) mass is 561 g/mol. The predicted octanol–water partition coefficient (Wildman–Crippen LogP) is 13.0. The molecule has 1 unspecified atom stereocenters. The highest BCUT2D eigenvalue weighted by Crippen LogP contribution is 2.24. The summed E-state index contributed by atoms with van der Waals surface area (Å²) in [6, 6.07) is 0. The second kappa shape index (κ2) is 28.5. The topological polar surface area (TPSA) is 6.48 Å². The Morgan fingerprint density at radius 1 is 0.375 bits per heavy atom. The average Bonchev–Trinajstić information content (AvgIpc) is 3.36. The molecule has 2 nitrogen and oxygen atoms in total. The van der Waals surface area contributed by atoms with Crippen LogP contribution in [0.2, 0.25) is 0 Å². The van der Waals surface area contributed by atoms with Gasteiger partial charge in [0.25, 0.3) is 0 Å². The lowest BCUT2D eigenvalue weighted by Gasteiger charge is -2.36.